The van der Waals surface area contributed by atoms with Gasteiger partial charge < -0.3 is 33.8 Å². The van der Waals surface area contributed by atoms with Crippen molar-refractivity contribution in [2.24, 2.45) is 23.7 Å². The number of aliphatic hydroxyl groups is 1. The minimum atomic E-state index is -4.97. The van der Waals surface area contributed by atoms with Crippen molar-refractivity contribution in [3.63, 3.8) is 0 Å². The van der Waals surface area contributed by atoms with Crippen LogP contribution in [0.2, 0.25) is 0 Å². The predicted molar refractivity (Wildman–Crippen MR) is 437 cm³/mol. The fourth-order valence-electron chi connectivity index (χ4n) is 13.4. The summed E-state index contributed by atoms with van der Waals surface area (Å²) in [6.07, 6.45) is 65.4. The van der Waals surface area contributed by atoms with Gasteiger partial charge in [0.15, 0.2) is 12.2 Å². The van der Waals surface area contributed by atoms with Crippen molar-refractivity contribution in [2.75, 3.05) is 39.6 Å². The van der Waals surface area contributed by atoms with E-state index in [4.69, 9.17) is 37.0 Å². The van der Waals surface area contributed by atoms with Crippen LogP contribution >= 0.6 is 15.6 Å². The Bertz CT molecular complexity index is 2060. The highest BCUT2D eigenvalue weighted by Crippen LogP contribution is 2.45. The lowest BCUT2D eigenvalue weighted by Crippen LogP contribution is -2.30. The van der Waals surface area contributed by atoms with Gasteiger partial charge >= 0.3 is 39.5 Å². The van der Waals surface area contributed by atoms with Crippen molar-refractivity contribution >= 4 is 39.5 Å². The van der Waals surface area contributed by atoms with E-state index in [1.165, 1.54) is 250 Å². The normalized spacial score (nSPS) is 14.4. The molecule has 0 aliphatic carbocycles. The molecule has 0 aromatic heterocycles. The van der Waals surface area contributed by atoms with Gasteiger partial charge in [-0.2, -0.15) is 0 Å². The van der Waals surface area contributed by atoms with E-state index < -0.39 is 97.5 Å². The van der Waals surface area contributed by atoms with Crippen LogP contribution in [0.1, 0.15) is 453 Å². The number of carbonyl (C=O) groups is 4. The maximum atomic E-state index is 13.1. The summed E-state index contributed by atoms with van der Waals surface area (Å²) in [5.41, 5.74) is 0. The first-order valence-corrected chi connectivity index (χ1v) is 47.8. The summed E-state index contributed by atoms with van der Waals surface area (Å²) in [6, 6.07) is 0. The van der Waals surface area contributed by atoms with Crippen LogP contribution in [0.4, 0.5) is 0 Å². The summed E-state index contributed by atoms with van der Waals surface area (Å²) >= 11 is 0. The van der Waals surface area contributed by atoms with Gasteiger partial charge in [0.1, 0.15) is 19.3 Å². The summed E-state index contributed by atoms with van der Waals surface area (Å²) < 4.78 is 68.9. The molecule has 0 saturated heterocycles. The average Bonchev–Trinajstić information content (AvgIpc) is 0.903. The Labute approximate surface area is 651 Å². The number of phosphoric acid groups is 2. The molecule has 0 aliphatic rings. The van der Waals surface area contributed by atoms with Crippen LogP contribution < -0.4 is 0 Å². The van der Waals surface area contributed by atoms with E-state index in [9.17, 15) is 43.2 Å². The summed E-state index contributed by atoms with van der Waals surface area (Å²) in [4.78, 5) is 73.2. The third-order valence-corrected chi connectivity index (χ3v) is 22.9. The van der Waals surface area contributed by atoms with E-state index in [2.05, 4.69) is 55.4 Å². The zero-order valence-corrected chi connectivity index (χ0v) is 71.9. The summed E-state index contributed by atoms with van der Waals surface area (Å²) in [5.74, 6) is 1.07. The highest BCUT2D eigenvalue weighted by atomic mass is 31.2. The molecule has 630 valence electrons. The first-order valence-electron chi connectivity index (χ1n) is 44.8. The molecule has 3 N–H and O–H groups in total. The van der Waals surface area contributed by atoms with Crippen LogP contribution in [-0.4, -0.2) is 96.7 Å². The molecule has 0 aliphatic heterocycles. The van der Waals surface area contributed by atoms with Crippen LogP contribution in [0, 0.1) is 23.7 Å². The molecule has 106 heavy (non-hydrogen) atoms. The third-order valence-electron chi connectivity index (χ3n) is 21.0. The topological polar surface area (TPSA) is 237 Å². The van der Waals surface area contributed by atoms with E-state index in [1.54, 1.807) is 0 Å². The van der Waals surface area contributed by atoms with Crippen LogP contribution in [0.3, 0.4) is 0 Å². The Morgan fingerprint density at radius 3 is 0.670 bits per heavy atom. The van der Waals surface area contributed by atoms with Crippen molar-refractivity contribution < 1.29 is 80.2 Å². The number of phosphoric ester groups is 2. The third kappa shape index (κ3) is 77.4. The monoisotopic (exact) mass is 1550 g/mol. The molecule has 0 aromatic carbocycles. The molecule has 0 radical (unpaired) electrons. The first-order chi connectivity index (χ1) is 51.2. The Balaban J connectivity index is 5.16. The van der Waals surface area contributed by atoms with Gasteiger partial charge in [0.2, 0.25) is 0 Å². The maximum Gasteiger partial charge on any atom is 0.472 e. The van der Waals surface area contributed by atoms with Crippen LogP contribution in [0.5, 0.6) is 0 Å². The minimum Gasteiger partial charge on any atom is -0.462 e. The molecule has 0 saturated carbocycles. The predicted octanol–water partition coefficient (Wildman–Crippen LogP) is 26.3. The van der Waals surface area contributed by atoms with Gasteiger partial charge in [0.05, 0.1) is 26.4 Å². The number of rotatable bonds is 84. The zero-order valence-electron chi connectivity index (χ0n) is 70.1. The van der Waals surface area contributed by atoms with Crippen molar-refractivity contribution in [2.45, 2.75) is 472 Å². The van der Waals surface area contributed by atoms with Crippen LogP contribution in [0.25, 0.3) is 0 Å². The van der Waals surface area contributed by atoms with Gasteiger partial charge in [-0.25, -0.2) is 9.13 Å². The SMILES string of the molecule is CCC(C)CCCCCCCCCCCCCCCCCCCCC(=O)OC[C@H](COP(=O)(O)OC[C@@H](O)COP(=O)(O)OC[C@@H](COC(=O)CCCCCCCCC(C)CC)OC(=O)CCCCCCCCCCCCCCCCCCCCC(C)C)OC(=O)CCCCCCCCCCCCC(C)C. The maximum absolute atomic E-state index is 13.1. The van der Waals surface area contributed by atoms with Crippen molar-refractivity contribution in [1.82, 2.24) is 0 Å². The fourth-order valence-corrected chi connectivity index (χ4v) is 15.0. The van der Waals surface area contributed by atoms with E-state index in [0.29, 0.717) is 25.7 Å². The Morgan fingerprint density at radius 2 is 0.453 bits per heavy atom. The van der Waals surface area contributed by atoms with E-state index in [-0.39, 0.29) is 25.7 Å². The minimum absolute atomic E-state index is 0.106. The Kier molecular flexibility index (Phi) is 74.3. The number of aliphatic hydroxyl groups excluding tert-OH is 1. The summed E-state index contributed by atoms with van der Waals surface area (Å²) in [7, 11) is -9.93. The average molecular weight is 1550 g/mol. The second-order valence-electron chi connectivity index (χ2n) is 32.7. The lowest BCUT2D eigenvalue weighted by atomic mass is 9.99. The van der Waals surface area contributed by atoms with E-state index >= 15 is 0 Å². The van der Waals surface area contributed by atoms with Crippen LogP contribution in [-0.2, 0) is 65.4 Å². The summed E-state index contributed by atoms with van der Waals surface area (Å²) in [5, 5.41) is 10.7. The van der Waals surface area contributed by atoms with Crippen molar-refractivity contribution in [1.29, 1.82) is 0 Å². The quantitative estimate of drug-likeness (QED) is 0.0222. The Morgan fingerprint density at radius 1 is 0.264 bits per heavy atom. The first kappa shape index (κ1) is 104. The fraction of sp³-hybridized carbons (Fsp3) is 0.954. The van der Waals surface area contributed by atoms with Gasteiger partial charge in [-0.15, -0.1) is 0 Å². The standard InChI is InChI=1S/C87H170O17P2/c1-9-79(7)65-57-49-41-35-28-24-20-16-12-14-17-21-25-29-36-42-51-59-67-84(89)97-73-82(103-87(92)70-62-54-44-38-32-31-34-40-48-56-64-78(5)6)75-101-105(93,94)99-71-81(88)72-100-106(95,96)102-76-83(74-98-85(90)68-60-52-46-45-50-58-66-80(8)10-2)104-86(91)69-61-53-43-37-30-26-22-18-13-11-15-19-23-27-33-39-47-55-63-77(3)4/h77-83,88H,9-76H2,1-8H3,(H,93,94)(H,95,96)/t79?,80?,81-,82-,83-/m1/s1. The van der Waals surface area contributed by atoms with E-state index in [1.807, 2.05) is 0 Å². The molecule has 0 spiro atoms. The smallest absolute Gasteiger partial charge is 0.462 e. The molecule has 17 nitrogen and oxygen atoms in total. The lowest BCUT2D eigenvalue weighted by molar-refractivity contribution is -0.161. The number of hydrogen-bond donors (Lipinski definition) is 3. The van der Waals surface area contributed by atoms with Gasteiger partial charge in [-0.3, -0.25) is 37.3 Å². The number of carbonyl (C=O) groups excluding carboxylic acids is 4. The molecular weight excluding hydrogens is 1380 g/mol. The number of hydrogen-bond acceptors (Lipinski definition) is 15. The number of unbranched alkanes of at least 4 members (excludes halogenated alkanes) is 48. The number of esters is 4. The summed E-state index contributed by atoms with van der Waals surface area (Å²) in [6.45, 7) is 14.3. The number of ether oxygens (including phenoxy) is 4. The largest absolute Gasteiger partial charge is 0.472 e. The molecule has 0 rings (SSSR count). The lowest BCUT2D eigenvalue weighted by Gasteiger charge is -2.21. The zero-order chi connectivity index (χ0) is 78.1. The molecule has 0 aromatic rings. The molecule has 0 amide bonds. The van der Waals surface area contributed by atoms with Crippen LogP contribution in [0.15, 0.2) is 0 Å². The second kappa shape index (κ2) is 75.7. The van der Waals surface area contributed by atoms with Gasteiger partial charge in [-0.1, -0.05) is 402 Å². The Hall–Kier alpha value is -1.94. The van der Waals surface area contributed by atoms with Gasteiger partial charge in [0, 0.05) is 25.7 Å². The highest BCUT2D eigenvalue weighted by Gasteiger charge is 2.31. The van der Waals surface area contributed by atoms with Crippen molar-refractivity contribution in [3.8, 4) is 0 Å². The molecule has 0 fully saturated rings. The molecule has 19 heteroatoms. The molecule has 7 atom stereocenters. The van der Waals surface area contributed by atoms with Gasteiger partial charge in [-0.05, 0) is 49.4 Å². The second-order valence-corrected chi connectivity index (χ2v) is 35.6. The van der Waals surface area contributed by atoms with E-state index in [0.717, 1.165) is 120 Å². The van der Waals surface area contributed by atoms with Crippen molar-refractivity contribution in [3.05, 3.63) is 0 Å². The molecule has 0 heterocycles. The highest BCUT2D eigenvalue weighted by molar-refractivity contribution is 7.47. The van der Waals surface area contributed by atoms with Gasteiger partial charge in [0.25, 0.3) is 0 Å². The molecule has 0 bridgehead atoms. The molecule has 4 unspecified atom stereocenters. The molecular formula is C87H170O17P2.